The summed E-state index contributed by atoms with van der Waals surface area (Å²) in [6, 6.07) is 4.11. The van der Waals surface area contributed by atoms with Gasteiger partial charge in [0.2, 0.25) is 0 Å². The van der Waals surface area contributed by atoms with Crippen molar-refractivity contribution in [2.24, 2.45) is 0 Å². The average Bonchev–Trinajstić information content (AvgIpc) is 2.46. The fourth-order valence-corrected chi connectivity index (χ4v) is 3.48. The van der Waals surface area contributed by atoms with Crippen LogP contribution in [0.5, 0.6) is 5.75 Å². The standard InChI is InChI=1S/C16H21FN2O2/c1-11-9-18-7-3-2-4-13(18)10-19(11)16(21)14-6-5-12(17)8-15(14)20/h5-6,8,11,13,20H,2-4,7,9-10H2,1H3. The van der Waals surface area contributed by atoms with Gasteiger partial charge in [-0.15, -0.1) is 0 Å². The zero-order valence-electron chi connectivity index (χ0n) is 12.3. The first-order chi connectivity index (χ1) is 10.1. The van der Waals surface area contributed by atoms with Gasteiger partial charge in [0.15, 0.2) is 0 Å². The fourth-order valence-electron chi connectivity index (χ4n) is 3.48. The van der Waals surface area contributed by atoms with Gasteiger partial charge in [0.25, 0.3) is 5.91 Å². The molecule has 0 spiro atoms. The van der Waals surface area contributed by atoms with Crippen molar-refractivity contribution in [1.82, 2.24) is 9.80 Å². The Hall–Kier alpha value is -1.62. The molecular weight excluding hydrogens is 271 g/mol. The van der Waals surface area contributed by atoms with Crippen molar-refractivity contribution < 1.29 is 14.3 Å². The number of halogens is 1. The molecule has 2 saturated heterocycles. The van der Waals surface area contributed by atoms with Crippen molar-refractivity contribution in [3.05, 3.63) is 29.6 Å². The van der Waals surface area contributed by atoms with Gasteiger partial charge >= 0.3 is 0 Å². The second kappa shape index (κ2) is 5.64. The smallest absolute Gasteiger partial charge is 0.257 e. The van der Waals surface area contributed by atoms with Crippen LogP contribution in [0.3, 0.4) is 0 Å². The number of nitrogens with zero attached hydrogens (tertiary/aromatic N) is 2. The molecule has 2 aliphatic heterocycles. The molecule has 3 rings (SSSR count). The molecule has 5 heteroatoms. The number of phenolic OH excluding ortho intramolecular Hbond substituents is 1. The van der Waals surface area contributed by atoms with E-state index in [1.54, 1.807) is 0 Å². The van der Waals surface area contributed by atoms with Crippen LogP contribution >= 0.6 is 0 Å². The third kappa shape index (κ3) is 2.75. The molecule has 2 atom stereocenters. The first kappa shape index (κ1) is 14.3. The summed E-state index contributed by atoms with van der Waals surface area (Å²) in [5.41, 5.74) is 0.188. The lowest BCUT2D eigenvalue weighted by Crippen LogP contribution is -2.60. The molecule has 0 saturated carbocycles. The summed E-state index contributed by atoms with van der Waals surface area (Å²) < 4.78 is 13.1. The number of aromatic hydroxyl groups is 1. The Morgan fingerprint density at radius 3 is 2.90 bits per heavy atom. The molecular formula is C16H21FN2O2. The van der Waals surface area contributed by atoms with E-state index < -0.39 is 5.82 Å². The number of carbonyl (C=O) groups is 1. The Labute approximate surface area is 124 Å². The van der Waals surface area contributed by atoms with Gasteiger partial charge in [0.05, 0.1) is 5.56 Å². The molecule has 0 aromatic heterocycles. The van der Waals surface area contributed by atoms with Gasteiger partial charge in [-0.05, 0) is 38.4 Å². The van der Waals surface area contributed by atoms with E-state index in [4.69, 9.17) is 0 Å². The second-order valence-corrected chi connectivity index (χ2v) is 6.11. The van der Waals surface area contributed by atoms with Gasteiger partial charge in [-0.2, -0.15) is 0 Å². The maximum atomic E-state index is 13.1. The Kier molecular flexibility index (Phi) is 3.85. The summed E-state index contributed by atoms with van der Waals surface area (Å²) >= 11 is 0. The van der Waals surface area contributed by atoms with Crippen LogP contribution in [0.25, 0.3) is 0 Å². The summed E-state index contributed by atoms with van der Waals surface area (Å²) in [6.45, 7) is 4.71. The first-order valence-electron chi connectivity index (χ1n) is 7.60. The molecule has 2 unspecified atom stereocenters. The van der Waals surface area contributed by atoms with Crippen LogP contribution in [0.4, 0.5) is 4.39 Å². The van der Waals surface area contributed by atoms with Crippen LogP contribution in [0.1, 0.15) is 36.5 Å². The molecule has 21 heavy (non-hydrogen) atoms. The highest BCUT2D eigenvalue weighted by Crippen LogP contribution is 2.27. The number of rotatable bonds is 1. The van der Waals surface area contributed by atoms with E-state index in [0.717, 1.165) is 25.6 Å². The molecule has 2 heterocycles. The van der Waals surface area contributed by atoms with Crippen LogP contribution in [0.15, 0.2) is 18.2 Å². The summed E-state index contributed by atoms with van der Waals surface area (Å²) in [7, 11) is 0. The number of carbonyl (C=O) groups excluding carboxylic acids is 1. The van der Waals surface area contributed by atoms with E-state index in [1.807, 2.05) is 11.8 Å². The summed E-state index contributed by atoms with van der Waals surface area (Å²) in [5, 5.41) is 9.81. The minimum Gasteiger partial charge on any atom is -0.507 e. The maximum Gasteiger partial charge on any atom is 0.257 e. The van der Waals surface area contributed by atoms with Crippen LogP contribution in [0, 0.1) is 5.82 Å². The Bertz CT molecular complexity index is 549. The molecule has 4 nitrogen and oxygen atoms in total. The number of amides is 1. The van der Waals surface area contributed by atoms with Crippen molar-refractivity contribution >= 4 is 5.91 Å². The Balaban J connectivity index is 1.80. The zero-order chi connectivity index (χ0) is 15.0. The van der Waals surface area contributed by atoms with Crippen LogP contribution in [0.2, 0.25) is 0 Å². The molecule has 2 aliphatic rings. The SMILES string of the molecule is CC1CN2CCCCC2CN1C(=O)c1ccc(F)cc1O. The summed E-state index contributed by atoms with van der Waals surface area (Å²) in [6.07, 6.45) is 3.56. The molecule has 114 valence electrons. The van der Waals surface area contributed by atoms with E-state index >= 15 is 0 Å². The van der Waals surface area contributed by atoms with Gasteiger partial charge in [-0.3, -0.25) is 9.69 Å². The van der Waals surface area contributed by atoms with Gasteiger partial charge in [0, 0.05) is 31.2 Å². The van der Waals surface area contributed by atoms with Crippen LogP contribution in [-0.2, 0) is 0 Å². The van der Waals surface area contributed by atoms with Crippen molar-refractivity contribution in [3.63, 3.8) is 0 Å². The molecule has 0 aliphatic carbocycles. The van der Waals surface area contributed by atoms with Crippen LogP contribution < -0.4 is 0 Å². The normalized spacial score (nSPS) is 26.5. The van der Waals surface area contributed by atoms with E-state index in [1.165, 1.54) is 25.0 Å². The van der Waals surface area contributed by atoms with Crippen molar-refractivity contribution in [3.8, 4) is 5.75 Å². The average molecular weight is 292 g/mol. The first-order valence-corrected chi connectivity index (χ1v) is 7.60. The van der Waals surface area contributed by atoms with E-state index in [9.17, 15) is 14.3 Å². The minimum absolute atomic E-state index is 0.108. The highest BCUT2D eigenvalue weighted by atomic mass is 19.1. The third-order valence-corrected chi connectivity index (χ3v) is 4.64. The zero-order valence-corrected chi connectivity index (χ0v) is 12.3. The van der Waals surface area contributed by atoms with Crippen LogP contribution in [-0.4, -0.2) is 52.5 Å². The van der Waals surface area contributed by atoms with Crippen molar-refractivity contribution in [2.75, 3.05) is 19.6 Å². The molecule has 1 N–H and O–H groups in total. The second-order valence-electron chi connectivity index (χ2n) is 6.11. The third-order valence-electron chi connectivity index (χ3n) is 4.64. The van der Waals surface area contributed by atoms with E-state index in [0.29, 0.717) is 12.6 Å². The van der Waals surface area contributed by atoms with E-state index in [2.05, 4.69) is 4.90 Å². The molecule has 0 radical (unpaired) electrons. The highest BCUT2D eigenvalue weighted by molar-refractivity contribution is 5.97. The lowest BCUT2D eigenvalue weighted by Gasteiger charge is -2.47. The van der Waals surface area contributed by atoms with Gasteiger partial charge < -0.3 is 10.0 Å². The molecule has 0 bridgehead atoms. The van der Waals surface area contributed by atoms with E-state index in [-0.39, 0.29) is 23.3 Å². The molecule has 2 fully saturated rings. The lowest BCUT2D eigenvalue weighted by atomic mass is 9.96. The predicted molar refractivity (Wildman–Crippen MR) is 77.8 cm³/mol. The maximum absolute atomic E-state index is 13.1. The fraction of sp³-hybridized carbons (Fsp3) is 0.562. The number of benzene rings is 1. The number of phenols is 1. The topological polar surface area (TPSA) is 43.8 Å². The number of hydrogen-bond acceptors (Lipinski definition) is 3. The van der Waals surface area contributed by atoms with Gasteiger partial charge in [-0.25, -0.2) is 4.39 Å². The Morgan fingerprint density at radius 1 is 1.33 bits per heavy atom. The largest absolute Gasteiger partial charge is 0.507 e. The molecule has 1 aromatic rings. The van der Waals surface area contributed by atoms with Crippen molar-refractivity contribution in [1.29, 1.82) is 0 Å². The number of fused-ring (bicyclic) bond motifs is 1. The number of piperidine rings is 1. The Morgan fingerprint density at radius 2 is 2.14 bits per heavy atom. The minimum atomic E-state index is -0.533. The summed E-state index contributed by atoms with van der Waals surface area (Å²) in [4.78, 5) is 16.9. The highest BCUT2D eigenvalue weighted by Gasteiger charge is 2.36. The number of piperazine rings is 1. The van der Waals surface area contributed by atoms with Crippen molar-refractivity contribution in [2.45, 2.75) is 38.3 Å². The quantitative estimate of drug-likeness (QED) is 0.863. The molecule has 1 aromatic carbocycles. The van der Waals surface area contributed by atoms with Gasteiger partial charge in [0.1, 0.15) is 11.6 Å². The monoisotopic (exact) mass is 292 g/mol. The van der Waals surface area contributed by atoms with Gasteiger partial charge in [-0.1, -0.05) is 6.42 Å². The number of hydrogen-bond donors (Lipinski definition) is 1. The predicted octanol–water partition coefficient (Wildman–Crippen LogP) is 2.23. The summed E-state index contributed by atoms with van der Waals surface area (Å²) in [5.74, 6) is -1.02. The lowest BCUT2D eigenvalue weighted by molar-refractivity contribution is 0.0150. The molecule has 1 amide bonds.